The van der Waals surface area contributed by atoms with Crippen LogP contribution < -0.4 is 5.73 Å². The predicted octanol–water partition coefficient (Wildman–Crippen LogP) is 2.70. The summed E-state index contributed by atoms with van der Waals surface area (Å²) in [5.74, 6) is 0.556. The predicted molar refractivity (Wildman–Crippen MR) is 73.8 cm³/mol. The molecule has 0 saturated carbocycles. The molecule has 3 heterocycles. The Morgan fingerprint density at radius 2 is 2.06 bits per heavy atom. The maximum absolute atomic E-state index is 5.91. The Labute approximate surface area is 108 Å². The molecule has 2 N–H and O–H groups in total. The lowest BCUT2D eigenvalue weighted by Gasteiger charge is -2.13. The van der Waals surface area contributed by atoms with Gasteiger partial charge in [0.1, 0.15) is 17.0 Å². The average Bonchev–Trinajstić information content (AvgIpc) is 2.76. The quantitative estimate of drug-likeness (QED) is 0.671. The summed E-state index contributed by atoms with van der Waals surface area (Å²) in [5.41, 5.74) is 9.49. The van der Waals surface area contributed by atoms with Gasteiger partial charge in [0.2, 0.25) is 0 Å². The molecule has 3 aromatic heterocycles. The van der Waals surface area contributed by atoms with Crippen molar-refractivity contribution in [2.24, 2.45) is 0 Å². The Kier molecular flexibility index (Phi) is 2.05. The molecule has 0 aliphatic heterocycles. The van der Waals surface area contributed by atoms with Gasteiger partial charge in [0.05, 0.1) is 10.2 Å². The number of rotatable bonds is 0. The monoisotopic (exact) mass is 256 g/mol. The summed E-state index contributed by atoms with van der Waals surface area (Å²) < 4.78 is 0.961. The van der Waals surface area contributed by atoms with E-state index >= 15 is 0 Å². The molecule has 0 radical (unpaired) electrons. The van der Waals surface area contributed by atoms with Crippen molar-refractivity contribution in [1.82, 2.24) is 15.0 Å². The van der Waals surface area contributed by atoms with Crippen LogP contribution in [0.25, 0.3) is 20.4 Å². The second-order valence-electron chi connectivity index (χ2n) is 4.69. The summed E-state index contributed by atoms with van der Waals surface area (Å²) in [6.07, 6.45) is 6.28. The fourth-order valence-electron chi connectivity index (χ4n) is 2.64. The average molecular weight is 256 g/mol. The first-order chi connectivity index (χ1) is 8.83. The fraction of sp³-hybridized carbons (Fsp3) is 0.308. The van der Waals surface area contributed by atoms with Crippen LogP contribution in [0.1, 0.15) is 24.1 Å². The molecule has 5 heteroatoms. The van der Waals surface area contributed by atoms with Gasteiger partial charge in [-0.05, 0) is 37.3 Å². The van der Waals surface area contributed by atoms with Gasteiger partial charge in [-0.2, -0.15) is 0 Å². The molecule has 0 spiro atoms. The van der Waals surface area contributed by atoms with Gasteiger partial charge in [-0.3, -0.25) is 0 Å². The van der Waals surface area contributed by atoms with Crippen LogP contribution in [0.5, 0.6) is 0 Å². The van der Waals surface area contributed by atoms with E-state index in [9.17, 15) is 0 Å². The van der Waals surface area contributed by atoms with Crippen LogP contribution >= 0.6 is 11.3 Å². The lowest BCUT2D eigenvalue weighted by Crippen LogP contribution is -2.04. The van der Waals surface area contributed by atoms with Crippen LogP contribution in [0.4, 0.5) is 5.82 Å². The number of nitrogen functional groups attached to an aromatic ring is 1. The topological polar surface area (TPSA) is 64.7 Å². The highest BCUT2D eigenvalue weighted by atomic mass is 32.1. The van der Waals surface area contributed by atoms with Gasteiger partial charge in [-0.1, -0.05) is 0 Å². The van der Waals surface area contributed by atoms with Crippen LogP contribution in [-0.4, -0.2) is 15.0 Å². The van der Waals surface area contributed by atoms with Crippen molar-refractivity contribution in [2.45, 2.75) is 25.7 Å². The number of pyridine rings is 1. The smallest absolute Gasteiger partial charge is 0.144 e. The van der Waals surface area contributed by atoms with Gasteiger partial charge in [0.15, 0.2) is 0 Å². The zero-order valence-corrected chi connectivity index (χ0v) is 10.6. The summed E-state index contributed by atoms with van der Waals surface area (Å²) in [6.45, 7) is 0. The van der Waals surface area contributed by atoms with E-state index < -0.39 is 0 Å². The zero-order valence-electron chi connectivity index (χ0n) is 9.81. The minimum absolute atomic E-state index is 0.556. The third kappa shape index (κ3) is 1.34. The van der Waals surface area contributed by atoms with E-state index in [1.165, 1.54) is 30.4 Å². The SMILES string of the molecule is Nc1ncnc2c1sc1nc3c(cc12)CCCC3. The molecular formula is C13H12N4S. The Balaban J connectivity index is 2.12. The zero-order chi connectivity index (χ0) is 12.1. The number of fused-ring (bicyclic) bond motifs is 4. The second-order valence-corrected chi connectivity index (χ2v) is 5.69. The summed E-state index contributed by atoms with van der Waals surface area (Å²) in [5, 5.41) is 1.13. The Morgan fingerprint density at radius 3 is 3.00 bits per heavy atom. The van der Waals surface area contributed by atoms with Gasteiger partial charge in [0, 0.05) is 11.1 Å². The standard InChI is InChI=1S/C13H12N4S/c14-12-11-10(15-6-16-12)8-5-7-3-1-2-4-9(7)17-13(8)18-11/h5-6H,1-4H2,(H2,14,15,16). The molecular weight excluding hydrogens is 244 g/mol. The van der Waals surface area contributed by atoms with Gasteiger partial charge >= 0.3 is 0 Å². The molecule has 4 nitrogen and oxygen atoms in total. The van der Waals surface area contributed by atoms with Crippen molar-refractivity contribution in [2.75, 3.05) is 5.73 Å². The van der Waals surface area contributed by atoms with Crippen LogP contribution in [-0.2, 0) is 12.8 Å². The maximum atomic E-state index is 5.91. The van der Waals surface area contributed by atoms with E-state index in [0.29, 0.717) is 5.82 Å². The molecule has 0 fully saturated rings. The van der Waals surface area contributed by atoms with Crippen molar-refractivity contribution in [3.8, 4) is 0 Å². The highest BCUT2D eigenvalue weighted by Crippen LogP contribution is 2.35. The summed E-state index contributed by atoms with van der Waals surface area (Å²) in [7, 11) is 0. The highest BCUT2D eigenvalue weighted by molar-refractivity contribution is 7.25. The van der Waals surface area contributed by atoms with Gasteiger partial charge in [-0.15, -0.1) is 11.3 Å². The van der Waals surface area contributed by atoms with Gasteiger partial charge in [0.25, 0.3) is 0 Å². The van der Waals surface area contributed by atoms with E-state index in [4.69, 9.17) is 10.7 Å². The summed E-state index contributed by atoms with van der Waals surface area (Å²) in [4.78, 5) is 14.2. The summed E-state index contributed by atoms with van der Waals surface area (Å²) in [6, 6.07) is 2.25. The lowest BCUT2D eigenvalue weighted by atomic mass is 9.95. The number of nitrogens with zero attached hydrogens (tertiary/aromatic N) is 3. The minimum atomic E-state index is 0.556. The van der Waals surface area contributed by atoms with Crippen molar-refractivity contribution in [3.63, 3.8) is 0 Å². The van der Waals surface area contributed by atoms with Crippen molar-refractivity contribution in [3.05, 3.63) is 23.7 Å². The molecule has 0 atom stereocenters. The molecule has 0 saturated heterocycles. The molecule has 4 rings (SSSR count). The van der Waals surface area contributed by atoms with E-state index in [0.717, 1.165) is 33.3 Å². The molecule has 90 valence electrons. The van der Waals surface area contributed by atoms with E-state index in [2.05, 4.69) is 16.0 Å². The van der Waals surface area contributed by atoms with Gasteiger partial charge < -0.3 is 5.73 Å². The fourth-order valence-corrected chi connectivity index (χ4v) is 3.67. The maximum Gasteiger partial charge on any atom is 0.144 e. The van der Waals surface area contributed by atoms with Crippen LogP contribution in [0, 0.1) is 0 Å². The number of aryl methyl sites for hydroxylation is 2. The van der Waals surface area contributed by atoms with E-state index in [1.807, 2.05) is 0 Å². The van der Waals surface area contributed by atoms with Crippen LogP contribution in [0.3, 0.4) is 0 Å². The molecule has 0 aromatic carbocycles. The summed E-state index contributed by atoms with van der Waals surface area (Å²) >= 11 is 1.60. The van der Waals surface area contributed by atoms with E-state index in [1.54, 1.807) is 11.3 Å². The second kappa shape index (κ2) is 3.62. The van der Waals surface area contributed by atoms with Crippen LogP contribution in [0.2, 0.25) is 0 Å². The molecule has 18 heavy (non-hydrogen) atoms. The number of hydrogen-bond donors (Lipinski definition) is 1. The van der Waals surface area contributed by atoms with Crippen molar-refractivity contribution < 1.29 is 0 Å². The minimum Gasteiger partial charge on any atom is -0.382 e. The Hall–Kier alpha value is -1.75. The highest BCUT2D eigenvalue weighted by Gasteiger charge is 2.16. The van der Waals surface area contributed by atoms with E-state index in [-0.39, 0.29) is 0 Å². The molecule has 0 amide bonds. The Bertz CT molecular complexity index is 762. The Morgan fingerprint density at radius 1 is 1.17 bits per heavy atom. The third-order valence-corrected chi connectivity index (χ3v) is 4.66. The number of nitrogens with two attached hydrogens (primary N) is 1. The first kappa shape index (κ1) is 10.2. The van der Waals surface area contributed by atoms with Crippen LogP contribution in [0.15, 0.2) is 12.4 Å². The number of thiophene rings is 1. The molecule has 3 aromatic rings. The first-order valence-corrected chi connectivity index (χ1v) is 6.96. The number of hydrogen-bond acceptors (Lipinski definition) is 5. The number of anilines is 1. The van der Waals surface area contributed by atoms with Gasteiger partial charge in [-0.25, -0.2) is 15.0 Å². The largest absolute Gasteiger partial charge is 0.382 e. The molecule has 1 aliphatic carbocycles. The molecule has 1 aliphatic rings. The normalized spacial score (nSPS) is 15.1. The first-order valence-electron chi connectivity index (χ1n) is 6.14. The third-order valence-electron chi connectivity index (χ3n) is 3.55. The van der Waals surface area contributed by atoms with Crippen molar-refractivity contribution in [1.29, 1.82) is 0 Å². The van der Waals surface area contributed by atoms with Crippen molar-refractivity contribution >= 4 is 37.6 Å². The molecule has 0 bridgehead atoms. The lowest BCUT2D eigenvalue weighted by molar-refractivity contribution is 0.672. The molecule has 0 unspecified atom stereocenters. The number of aromatic nitrogens is 3.